The number of aromatic nitrogens is 4. The summed E-state index contributed by atoms with van der Waals surface area (Å²) in [6, 6.07) is 7.73. The Bertz CT molecular complexity index is 1080. The minimum atomic E-state index is -0.851. The van der Waals surface area contributed by atoms with Crippen molar-refractivity contribution in [3.8, 4) is 5.75 Å². The van der Waals surface area contributed by atoms with Gasteiger partial charge in [-0.2, -0.15) is 0 Å². The summed E-state index contributed by atoms with van der Waals surface area (Å²) in [6.07, 6.45) is 1.03. The van der Waals surface area contributed by atoms with Gasteiger partial charge >= 0.3 is 5.69 Å². The first-order valence-corrected chi connectivity index (χ1v) is 10.6. The minimum absolute atomic E-state index is 0.0761. The second-order valence-electron chi connectivity index (χ2n) is 6.81. The smallest absolute Gasteiger partial charge is 0.329 e. The van der Waals surface area contributed by atoms with E-state index in [0.29, 0.717) is 16.6 Å². The molecule has 0 amide bonds. The number of thioether (sulfide) groups is 1. The average Bonchev–Trinajstić information content (AvgIpc) is 3.08. The molecule has 0 unspecified atom stereocenters. The molecule has 2 heterocycles. The van der Waals surface area contributed by atoms with Gasteiger partial charge in [-0.15, -0.1) is 0 Å². The van der Waals surface area contributed by atoms with E-state index in [1.54, 1.807) is 11.6 Å². The molecule has 2 N–H and O–H groups in total. The molecule has 8 nitrogen and oxygen atoms in total. The molecule has 2 aromatic heterocycles. The Balaban J connectivity index is 1.84. The molecule has 9 heteroatoms. The van der Waals surface area contributed by atoms with Crippen LogP contribution in [0, 0.1) is 0 Å². The van der Waals surface area contributed by atoms with E-state index in [0.717, 1.165) is 18.6 Å². The van der Waals surface area contributed by atoms with Gasteiger partial charge in [0.05, 0.1) is 6.54 Å². The Hall–Kier alpha value is -2.52. The van der Waals surface area contributed by atoms with Crippen molar-refractivity contribution >= 4 is 22.9 Å². The number of aliphatic hydroxyl groups is 1. The number of aryl methyl sites for hydroxylation is 2. The molecule has 0 aliphatic rings. The van der Waals surface area contributed by atoms with E-state index in [1.807, 2.05) is 24.3 Å². The summed E-state index contributed by atoms with van der Waals surface area (Å²) in [6.45, 7) is 4.35. The molecule has 0 saturated heterocycles. The summed E-state index contributed by atoms with van der Waals surface area (Å²) in [5.74, 6) is 1.49. The van der Waals surface area contributed by atoms with Gasteiger partial charge in [-0.3, -0.25) is 14.3 Å². The third-order valence-electron chi connectivity index (χ3n) is 4.57. The van der Waals surface area contributed by atoms with Crippen LogP contribution in [-0.2, 0) is 20.0 Å². The van der Waals surface area contributed by atoms with E-state index in [-0.39, 0.29) is 18.7 Å². The molecular formula is C20H26N4O4S. The molecule has 156 valence electrons. The molecule has 0 saturated carbocycles. The van der Waals surface area contributed by atoms with Crippen molar-refractivity contribution in [3.05, 3.63) is 50.7 Å². The highest BCUT2D eigenvalue weighted by Crippen LogP contribution is 2.22. The monoisotopic (exact) mass is 418 g/mol. The van der Waals surface area contributed by atoms with Crippen LogP contribution in [0.4, 0.5) is 0 Å². The van der Waals surface area contributed by atoms with Crippen LogP contribution in [0.1, 0.15) is 25.8 Å². The van der Waals surface area contributed by atoms with E-state index < -0.39 is 17.4 Å². The third-order valence-corrected chi connectivity index (χ3v) is 5.76. The number of imidazole rings is 1. The summed E-state index contributed by atoms with van der Waals surface area (Å²) in [5.41, 5.74) is 0.767. The maximum absolute atomic E-state index is 12.4. The minimum Gasteiger partial charge on any atom is -0.491 e. The molecule has 1 atom stereocenters. The fourth-order valence-corrected chi connectivity index (χ4v) is 3.82. The van der Waals surface area contributed by atoms with E-state index >= 15 is 0 Å². The molecule has 29 heavy (non-hydrogen) atoms. The number of rotatable bonds is 9. The van der Waals surface area contributed by atoms with Gasteiger partial charge < -0.3 is 14.4 Å². The highest BCUT2D eigenvalue weighted by atomic mass is 32.2. The van der Waals surface area contributed by atoms with Crippen LogP contribution in [0.15, 0.2) is 39.0 Å². The predicted molar refractivity (Wildman–Crippen MR) is 114 cm³/mol. The van der Waals surface area contributed by atoms with Crippen molar-refractivity contribution in [2.75, 3.05) is 12.4 Å². The van der Waals surface area contributed by atoms with E-state index in [9.17, 15) is 14.7 Å². The van der Waals surface area contributed by atoms with Crippen LogP contribution in [-0.4, -0.2) is 42.7 Å². The maximum atomic E-state index is 12.4. The zero-order valence-corrected chi connectivity index (χ0v) is 17.7. The van der Waals surface area contributed by atoms with Gasteiger partial charge in [0, 0.05) is 12.8 Å². The van der Waals surface area contributed by atoms with E-state index in [4.69, 9.17) is 4.74 Å². The topological polar surface area (TPSA) is 102 Å². The molecule has 0 spiro atoms. The number of aromatic amines is 1. The lowest BCUT2D eigenvalue weighted by Crippen LogP contribution is -2.30. The summed E-state index contributed by atoms with van der Waals surface area (Å²) in [5, 5.41) is 11.1. The van der Waals surface area contributed by atoms with Crippen molar-refractivity contribution < 1.29 is 9.84 Å². The number of benzene rings is 1. The first-order valence-electron chi connectivity index (χ1n) is 9.66. The Kier molecular flexibility index (Phi) is 6.81. The number of aliphatic hydroxyl groups excluding tert-OH is 1. The summed E-state index contributed by atoms with van der Waals surface area (Å²) in [4.78, 5) is 31.1. The van der Waals surface area contributed by atoms with Crippen LogP contribution in [0.5, 0.6) is 5.75 Å². The van der Waals surface area contributed by atoms with Crippen molar-refractivity contribution in [3.63, 3.8) is 0 Å². The van der Waals surface area contributed by atoms with Crippen molar-refractivity contribution in [1.82, 2.24) is 19.1 Å². The van der Waals surface area contributed by atoms with Gasteiger partial charge in [0.15, 0.2) is 16.3 Å². The van der Waals surface area contributed by atoms with Gasteiger partial charge in [-0.05, 0) is 30.5 Å². The lowest BCUT2D eigenvalue weighted by atomic mass is 10.2. The summed E-state index contributed by atoms with van der Waals surface area (Å²) in [7, 11) is 1.56. The van der Waals surface area contributed by atoms with Crippen LogP contribution >= 0.6 is 11.8 Å². The first kappa shape index (κ1) is 21.2. The second kappa shape index (κ2) is 9.32. The number of H-pyrrole nitrogens is 1. The van der Waals surface area contributed by atoms with Gasteiger partial charge in [0.25, 0.3) is 5.56 Å². The molecular weight excluding hydrogens is 392 g/mol. The highest BCUT2D eigenvalue weighted by Gasteiger charge is 2.20. The van der Waals surface area contributed by atoms with Crippen molar-refractivity contribution in [2.24, 2.45) is 7.05 Å². The Morgan fingerprint density at radius 1 is 1.24 bits per heavy atom. The zero-order chi connectivity index (χ0) is 21.0. The van der Waals surface area contributed by atoms with E-state index in [2.05, 4.69) is 23.8 Å². The number of hydrogen-bond donors (Lipinski definition) is 2. The quantitative estimate of drug-likeness (QED) is 0.515. The van der Waals surface area contributed by atoms with Gasteiger partial charge in [0.1, 0.15) is 18.5 Å². The molecule has 0 radical (unpaired) electrons. The number of fused-ring (bicyclic) bond motifs is 1. The van der Waals surface area contributed by atoms with E-state index in [1.165, 1.54) is 21.9 Å². The van der Waals surface area contributed by atoms with Crippen LogP contribution in [0.2, 0.25) is 0 Å². The highest BCUT2D eigenvalue weighted by molar-refractivity contribution is 7.99. The van der Waals surface area contributed by atoms with Crippen molar-refractivity contribution in [1.29, 1.82) is 0 Å². The summed E-state index contributed by atoms with van der Waals surface area (Å²) >= 11 is 1.49. The zero-order valence-electron chi connectivity index (χ0n) is 16.8. The number of hydrogen-bond acceptors (Lipinski definition) is 6. The number of ether oxygens (including phenoxy) is 1. The van der Waals surface area contributed by atoms with Gasteiger partial charge in [-0.1, -0.05) is 37.7 Å². The molecule has 1 aromatic carbocycles. The van der Waals surface area contributed by atoms with Crippen LogP contribution in [0.3, 0.4) is 0 Å². The van der Waals surface area contributed by atoms with Crippen molar-refractivity contribution in [2.45, 2.75) is 44.5 Å². The molecule has 0 aliphatic carbocycles. The molecule has 0 fully saturated rings. The van der Waals surface area contributed by atoms with Crippen LogP contribution in [0.25, 0.3) is 11.2 Å². The fraction of sp³-hybridized carbons (Fsp3) is 0.450. The fourth-order valence-electron chi connectivity index (χ4n) is 2.96. The van der Waals surface area contributed by atoms with Gasteiger partial charge in [0.2, 0.25) is 0 Å². The second-order valence-corrected chi connectivity index (χ2v) is 7.87. The largest absolute Gasteiger partial charge is 0.491 e. The average molecular weight is 419 g/mol. The Labute approximate surface area is 172 Å². The maximum Gasteiger partial charge on any atom is 0.329 e. The lowest BCUT2D eigenvalue weighted by molar-refractivity contribution is 0.0914. The van der Waals surface area contributed by atoms with Gasteiger partial charge in [-0.25, -0.2) is 9.78 Å². The number of nitrogens with zero attached hydrogens (tertiary/aromatic N) is 3. The van der Waals surface area contributed by atoms with Crippen LogP contribution < -0.4 is 16.0 Å². The predicted octanol–water partition coefficient (Wildman–Crippen LogP) is 1.93. The Morgan fingerprint density at radius 2 is 1.97 bits per heavy atom. The molecule has 3 aromatic rings. The number of nitrogens with one attached hydrogen (secondary N) is 1. The molecule has 3 rings (SSSR count). The first-order chi connectivity index (χ1) is 13.9. The summed E-state index contributed by atoms with van der Waals surface area (Å²) < 4.78 is 8.67. The lowest BCUT2D eigenvalue weighted by Gasteiger charge is -2.15. The standard InChI is InChI=1S/C20H26N4O4S/c1-4-10-29-20-21-17-16(18(26)22-19(27)23(17)3)24(20)11-14(25)12-28-15-8-6-13(5-2)7-9-15/h6-9,14,25H,4-5,10-12H2,1-3H3,(H,22,26,27)/t14-/m1/s1. The molecule has 0 aliphatic heterocycles. The Morgan fingerprint density at radius 3 is 2.62 bits per heavy atom. The SMILES string of the molecule is CCCSc1nc2c(c(=O)[nH]c(=O)n2C)n1C[C@@H](O)COc1ccc(CC)cc1. The molecule has 0 bridgehead atoms. The normalized spacial score (nSPS) is 12.4. The third kappa shape index (κ3) is 4.73.